The Morgan fingerprint density at radius 3 is 2.26 bits per heavy atom. The highest BCUT2D eigenvalue weighted by Crippen LogP contribution is 2.29. The van der Waals surface area contributed by atoms with Crippen LogP contribution in [0.5, 0.6) is 5.75 Å². The number of hydrogen-bond donors (Lipinski definition) is 1. The molecule has 0 saturated heterocycles. The molecule has 0 spiro atoms. The first kappa shape index (κ1) is 13.6. The third kappa shape index (κ3) is 3.58. The zero-order valence-corrected chi connectivity index (χ0v) is 11.5. The minimum Gasteiger partial charge on any atom is -0.491 e. The minimum atomic E-state index is 0.0591. The molecule has 0 aliphatic carbocycles. The molecule has 1 atom stereocenters. The molecule has 1 unspecified atom stereocenters. The van der Waals surface area contributed by atoms with Crippen LogP contribution in [0.15, 0.2) is 54.6 Å². The third-order valence-electron chi connectivity index (χ3n) is 3.26. The topological polar surface area (TPSA) is 35.2 Å². The van der Waals surface area contributed by atoms with Crippen molar-refractivity contribution in [3.63, 3.8) is 0 Å². The fraction of sp³-hybridized carbons (Fsp3) is 0.294. The molecule has 2 N–H and O–H groups in total. The molecule has 0 aliphatic heterocycles. The molecule has 100 valence electrons. The molecule has 2 nitrogen and oxygen atoms in total. The van der Waals surface area contributed by atoms with Gasteiger partial charge in [-0.05, 0) is 17.5 Å². The summed E-state index contributed by atoms with van der Waals surface area (Å²) < 4.78 is 5.89. The van der Waals surface area contributed by atoms with Crippen molar-refractivity contribution < 1.29 is 4.74 Å². The summed E-state index contributed by atoms with van der Waals surface area (Å²) in [7, 11) is 0. The first-order valence-electron chi connectivity index (χ1n) is 6.71. The molecule has 0 aromatic heterocycles. The molecule has 0 fully saturated rings. The zero-order valence-electron chi connectivity index (χ0n) is 11.5. The van der Waals surface area contributed by atoms with Gasteiger partial charge >= 0.3 is 0 Å². The van der Waals surface area contributed by atoms with Crippen LogP contribution in [0.2, 0.25) is 0 Å². The summed E-state index contributed by atoms with van der Waals surface area (Å²) >= 11 is 0. The molecule has 2 rings (SSSR count). The first-order valence-corrected chi connectivity index (χ1v) is 6.71. The Morgan fingerprint density at radius 1 is 0.947 bits per heavy atom. The van der Waals surface area contributed by atoms with Gasteiger partial charge < -0.3 is 10.5 Å². The highest BCUT2D eigenvalue weighted by molar-refractivity contribution is 5.70. The third-order valence-corrected chi connectivity index (χ3v) is 3.26. The summed E-state index contributed by atoms with van der Waals surface area (Å²) in [5.74, 6) is 1.31. The second kappa shape index (κ2) is 6.39. The van der Waals surface area contributed by atoms with Crippen molar-refractivity contribution in [1.29, 1.82) is 0 Å². The normalized spacial score (nSPS) is 12.4. The van der Waals surface area contributed by atoms with E-state index in [0.29, 0.717) is 12.5 Å². The highest BCUT2D eigenvalue weighted by Gasteiger charge is 2.10. The van der Waals surface area contributed by atoms with E-state index in [1.54, 1.807) is 0 Å². The molecule has 0 saturated carbocycles. The second-order valence-corrected chi connectivity index (χ2v) is 5.08. The van der Waals surface area contributed by atoms with Crippen LogP contribution in [0.3, 0.4) is 0 Å². The van der Waals surface area contributed by atoms with E-state index in [1.165, 1.54) is 0 Å². The molecule has 2 aromatic rings. The maximum Gasteiger partial charge on any atom is 0.127 e. The molecule has 0 amide bonds. The Bertz CT molecular complexity index is 508. The molecule has 0 heterocycles. The lowest BCUT2D eigenvalue weighted by Gasteiger charge is -2.18. The van der Waals surface area contributed by atoms with E-state index >= 15 is 0 Å². The van der Waals surface area contributed by atoms with Crippen LogP contribution >= 0.6 is 0 Å². The van der Waals surface area contributed by atoms with Crippen LogP contribution in [0, 0.1) is 5.92 Å². The number of benzene rings is 2. The summed E-state index contributed by atoms with van der Waals surface area (Å²) in [5, 5.41) is 0. The van der Waals surface area contributed by atoms with Crippen LogP contribution in [-0.2, 0) is 0 Å². The SMILES string of the molecule is CC(C)C(N)COc1ccccc1-c1ccccc1. The maximum atomic E-state index is 6.03. The summed E-state index contributed by atoms with van der Waals surface area (Å²) in [6.45, 7) is 4.76. The van der Waals surface area contributed by atoms with E-state index in [1.807, 2.05) is 36.4 Å². The van der Waals surface area contributed by atoms with E-state index in [9.17, 15) is 0 Å². The van der Waals surface area contributed by atoms with Crippen LogP contribution in [0.4, 0.5) is 0 Å². The fourth-order valence-corrected chi connectivity index (χ4v) is 1.83. The van der Waals surface area contributed by atoms with Crippen LogP contribution in [0.25, 0.3) is 11.1 Å². The van der Waals surface area contributed by atoms with E-state index in [0.717, 1.165) is 16.9 Å². The van der Waals surface area contributed by atoms with Gasteiger partial charge in [-0.1, -0.05) is 62.4 Å². The summed E-state index contributed by atoms with van der Waals surface area (Å²) in [5.41, 5.74) is 8.30. The van der Waals surface area contributed by atoms with Crippen LogP contribution in [-0.4, -0.2) is 12.6 Å². The molecule has 0 radical (unpaired) electrons. The molecule has 0 aliphatic rings. The Labute approximate surface area is 115 Å². The number of ether oxygens (including phenoxy) is 1. The molecule has 0 bridgehead atoms. The van der Waals surface area contributed by atoms with Gasteiger partial charge in [-0.3, -0.25) is 0 Å². The van der Waals surface area contributed by atoms with Gasteiger partial charge in [0, 0.05) is 11.6 Å². The largest absolute Gasteiger partial charge is 0.491 e. The maximum absolute atomic E-state index is 6.03. The van der Waals surface area contributed by atoms with Crippen molar-refractivity contribution in [3.05, 3.63) is 54.6 Å². The number of nitrogens with two attached hydrogens (primary N) is 1. The Hall–Kier alpha value is -1.80. The lowest BCUT2D eigenvalue weighted by molar-refractivity contribution is 0.260. The number of para-hydroxylation sites is 1. The predicted molar refractivity (Wildman–Crippen MR) is 80.2 cm³/mol. The average molecular weight is 255 g/mol. The van der Waals surface area contributed by atoms with Crippen LogP contribution < -0.4 is 10.5 Å². The van der Waals surface area contributed by atoms with Gasteiger partial charge in [0.2, 0.25) is 0 Å². The van der Waals surface area contributed by atoms with Gasteiger partial charge in [-0.15, -0.1) is 0 Å². The first-order chi connectivity index (χ1) is 9.18. The summed E-state index contributed by atoms with van der Waals surface area (Å²) in [4.78, 5) is 0. The predicted octanol–water partition coefficient (Wildman–Crippen LogP) is 3.72. The lowest BCUT2D eigenvalue weighted by atomic mass is 10.0. The number of rotatable bonds is 5. The van der Waals surface area contributed by atoms with Gasteiger partial charge in [0.25, 0.3) is 0 Å². The van der Waals surface area contributed by atoms with Gasteiger partial charge in [0.05, 0.1) is 0 Å². The fourth-order valence-electron chi connectivity index (χ4n) is 1.83. The van der Waals surface area contributed by atoms with Crippen molar-refractivity contribution in [2.45, 2.75) is 19.9 Å². The monoisotopic (exact) mass is 255 g/mol. The molecule has 2 heteroatoms. The average Bonchev–Trinajstić information content (AvgIpc) is 2.46. The lowest BCUT2D eigenvalue weighted by Crippen LogP contribution is -2.33. The van der Waals surface area contributed by atoms with Crippen molar-refractivity contribution in [2.24, 2.45) is 11.7 Å². The zero-order chi connectivity index (χ0) is 13.7. The van der Waals surface area contributed by atoms with Crippen molar-refractivity contribution >= 4 is 0 Å². The van der Waals surface area contributed by atoms with Crippen LogP contribution in [0.1, 0.15) is 13.8 Å². The smallest absolute Gasteiger partial charge is 0.127 e. The van der Waals surface area contributed by atoms with Crippen molar-refractivity contribution in [3.8, 4) is 16.9 Å². The van der Waals surface area contributed by atoms with Gasteiger partial charge in [-0.25, -0.2) is 0 Å². The molecular weight excluding hydrogens is 234 g/mol. The second-order valence-electron chi connectivity index (χ2n) is 5.08. The standard InChI is InChI=1S/C17H21NO/c1-13(2)16(18)12-19-17-11-7-6-10-15(17)14-8-4-3-5-9-14/h3-11,13,16H,12,18H2,1-2H3. The van der Waals surface area contributed by atoms with Gasteiger partial charge in [0.15, 0.2) is 0 Å². The van der Waals surface area contributed by atoms with E-state index in [-0.39, 0.29) is 6.04 Å². The van der Waals surface area contributed by atoms with E-state index in [4.69, 9.17) is 10.5 Å². The summed E-state index contributed by atoms with van der Waals surface area (Å²) in [6, 6.07) is 18.4. The number of hydrogen-bond acceptors (Lipinski definition) is 2. The molecule has 19 heavy (non-hydrogen) atoms. The summed E-state index contributed by atoms with van der Waals surface area (Å²) in [6.07, 6.45) is 0. The van der Waals surface area contributed by atoms with Gasteiger partial charge in [-0.2, -0.15) is 0 Å². The van der Waals surface area contributed by atoms with Crippen molar-refractivity contribution in [2.75, 3.05) is 6.61 Å². The van der Waals surface area contributed by atoms with E-state index < -0.39 is 0 Å². The molecule has 2 aromatic carbocycles. The van der Waals surface area contributed by atoms with Gasteiger partial charge in [0.1, 0.15) is 12.4 Å². The Balaban J connectivity index is 2.18. The molecular formula is C17H21NO. The quantitative estimate of drug-likeness (QED) is 0.883. The van der Waals surface area contributed by atoms with E-state index in [2.05, 4.69) is 32.0 Å². The van der Waals surface area contributed by atoms with Crippen molar-refractivity contribution in [1.82, 2.24) is 0 Å². The Kier molecular flexibility index (Phi) is 4.58. The highest BCUT2D eigenvalue weighted by atomic mass is 16.5. The Morgan fingerprint density at radius 2 is 1.58 bits per heavy atom. The minimum absolute atomic E-state index is 0.0591.